The fourth-order valence-corrected chi connectivity index (χ4v) is 1.39. The highest BCUT2D eigenvalue weighted by molar-refractivity contribution is 6.33. The average Bonchev–Trinajstić information content (AvgIpc) is 2.12. The maximum absolute atomic E-state index is 5.72. The number of rotatable bonds is 4. The van der Waals surface area contributed by atoms with Gasteiger partial charge in [0, 0.05) is 20.3 Å². The molecule has 0 N–H and O–H groups in total. The molecule has 0 bridgehead atoms. The van der Waals surface area contributed by atoms with Gasteiger partial charge in [-0.15, -0.1) is 0 Å². The summed E-state index contributed by atoms with van der Waals surface area (Å²) in [6, 6.07) is 1.46. The van der Waals surface area contributed by atoms with E-state index in [4.69, 9.17) is 32.7 Å². The molecule has 0 spiro atoms. The Kier molecular flexibility index (Phi) is 4.54. The first-order chi connectivity index (χ1) is 6.67. The predicted octanol–water partition coefficient (Wildman–Crippen LogP) is 2.12. The van der Waals surface area contributed by atoms with Gasteiger partial charge >= 0.3 is 0 Å². The highest BCUT2D eigenvalue weighted by Crippen LogP contribution is 2.18. The molecule has 0 aliphatic heterocycles. The summed E-state index contributed by atoms with van der Waals surface area (Å²) in [7, 11) is 3.11. The zero-order valence-electron chi connectivity index (χ0n) is 7.83. The van der Waals surface area contributed by atoms with Crippen LogP contribution in [0.1, 0.15) is 11.9 Å². The van der Waals surface area contributed by atoms with E-state index in [1.165, 1.54) is 6.07 Å². The van der Waals surface area contributed by atoms with Gasteiger partial charge in [-0.3, -0.25) is 0 Å². The Morgan fingerprint density at radius 1 is 1.29 bits per heavy atom. The van der Waals surface area contributed by atoms with Crippen molar-refractivity contribution >= 4 is 23.2 Å². The normalized spacial score (nSPS) is 12.9. The Hall–Kier alpha value is -0.420. The monoisotopic (exact) mass is 236 g/mol. The van der Waals surface area contributed by atoms with Gasteiger partial charge in [0.2, 0.25) is 0 Å². The Balaban J connectivity index is 2.91. The molecule has 1 unspecified atom stereocenters. The van der Waals surface area contributed by atoms with Crippen molar-refractivity contribution in [3.05, 3.63) is 22.2 Å². The summed E-state index contributed by atoms with van der Waals surface area (Å²) in [5, 5.41) is 0.580. The minimum Gasteiger partial charge on any atom is -0.381 e. The summed E-state index contributed by atoms with van der Waals surface area (Å²) < 4.78 is 10.1. The predicted molar refractivity (Wildman–Crippen MR) is 53.7 cm³/mol. The first kappa shape index (κ1) is 11.7. The average molecular weight is 237 g/mol. The molecule has 1 heterocycles. The van der Waals surface area contributed by atoms with E-state index in [-0.39, 0.29) is 16.4 Å². The zero-order valence-corrected chi connectivity index (χ0v) is 9.34. The summed E-state index contributed by atoms with van der Waals surface area (Å²) >= 11 is 11.4. The molecule has 1 rings (SSSR count). The molecule has 0 aromatic carbocycles. The quantitative estimate of drug-likeness (QED) is 0.752. The van der Waals surface area contributed by atoms with E-state index < -0.39 is 0 Å². The van der Waals surface area contributed by atoms with Crippen LogP contribution >= 0.6 is 23.2 Å². The highest BCUT2D eigenvalue weighted by Gasteiger charge is 2.14. The van der Waals surface area contributed by atoms with Crippen LogP contribution in [-0.4, -0.2) is 30.8 Å². The Morgan fingerprint density at radius 3 is 2.29 bits per heavy atom. The van der Waals surface area contributed by atoms with Gasteiger partial charge in [0.05, 0.1) is 6.61 Å². The van der Waals surface area contributed by atoms with Crippen molar-refractivity contribution in [2.45, 2.75) is 6.10 Å². The fourth-order valence-electron chi connectivity index (χ4n) is 0.950. The van der Waals surface area contributed by atoms with Crippen molar-refractivity contribution in [2.24, 2.45) is 0 Å². The lowest BCUT2D eigenvalue weighted by Gasteiger charge is -2.12. The molecule has 4 nitrogen and oxygen atoms in total. The molecule has 0 saturated carbocycles. The molecule has 0 amide bonds. The van der Waals surface area contributed by atoms with Gasteiger partial charge in [-0.05, 0) is 0 Å². The Bertz CT molecular complexity index is 289. The van der Waals surface area contributed by atoms with Crippen LogP contribution in [0.15, 0.2) is 6.07 Å². The van der Waals surface area contributed by atoms with Crippen LogP contribution in [0, 0.1) is 0 Å². The third kappa shape index (κ3) is 3.06. The third-order valence-electron chi connectivity index (χ3n) is 1.57. The molecule has 78 valence electrons. The van der Waals surface area contributed by atoms with E-state index >= 15 is 0 Å². The van der Waals surface area contributed by atoms with Gasteiger partial charge in [-0.1, -0.05) is 23.2 Å². The molecule has 0 radical (unpaired) electrons. The highest BCUT2D eigenvalue weighted by atomic mass is 35.5. The largest absolute Gasteiger partial charge is 0.381 e. The molecule has 14 heavy (non-hydrogen) atoms. The summed E-state index contributed by atoms with van der Waals surface area (Å²) in [5.74, 6) is 0.423. The first-order valence-corrected chi connectivity index (χ1v) is 4.64. The van der Waals surface area contributed by atoms with Gasteiger partial charge in [0.15, 0.2) is 5.82 Å². The molecule has 0 fully saturated rings. The summed E-state index contributed by atoms with van der Waals surface area (Å²) in [5.41, 5.74) is 0. The molecule has 1 atom stereocenters. The first-order valence-electron chi connectivity index (χ1n) is 3.89. The van der Waals surface area contributed by atoms with Gasteiger partial charge in [-0.2, -0.15) is 0 Å². The van der Waals surface area contributed by atoms with E-state index in [1.54, 1.807) is 14.2 Å². The number of aromatic nitrogens is 2. The number of halogens is 2. The van der Waals surface area contributed by atoms with Crippen molar-refractivity contribution in [1.29, 1.82) is 0 Å². The van der Waals surface area contributed by atoms with Crippen LogP contribution in [0.25, 0.3) is 0 Å². The smallest absolute Gasteiger partial charge is 0.162 e. The number of methoxy groups -OCH3 is 2. The Morgan fingerprint density at radius 2 is 1.86 bits per heavy atom. The van der Waals surface area contributed by atoms with Crippen LogP contribution in [-0.2, 0) is 9.47 Å². The standard InChI is InChI=1S/C8H10Cl2N2O2/c1-13-4-5(14-2)8-11-6(9)3-7(10)12-8/h3,5H,4H2,1-2H3. The van der Waals surface area contributed by atoms with E-state index in [1.807, 2.05) is 0 Å². The second-order valence-corrected chi connectivity index (χ2v) is 3.33. The van der Waals surface area contributed by atoms with Crippen molar-refractivity contribution in [3.63, 3.8) is 0 Å². The number of ether oxygens (including phenoxy) is 2. The minimum atomic E-state index is -0.351. The number of nitrogens with zero attached hydrogens (tertiary/aromatic N) is 2. The molecule has 1 aromatic heterocycles. The SMILES string of the molecule is COCC(OC)c1nc(Cl)cc(Cl)n1. The summed E-state index contributed by atoms with van der Waals surface area (Å²) in [6.07, 6.45) is -0.351. The van der Waals surface area contributed by atoms with Crippen molar-refractivity contribution in [2.75, 3.05) is 20.8 Å². The molecular weight excluding hydrogens is 227 g/mol. The van der Waals surface area contributed by atoms with Gasteiger partial charge in [0.1, 0.15) is 16.4 Å². The van der Waals surface area contributed by atoms with E-state index in [2.05, 4.69) is 9.97 Å². The summed E-state index contributed by atoms with van der Waals surface area (Å²) in [6.45, 7) is 0.354. The van der Waals surface area contributed by atoms with Crippen LogP contribution in [0.5, 0.6) is 0 Å². The third-order valence-corrected chi connectivity index (χ3v) is 1.96. The summed E-state index contributed by atoms with van der Waals surface area (Å²) in [4.78, 5) is 7.98. The van der Waals surface area contributed by atoms with E-state index in [9.17, 15) is 0 Å². The topological polar surface area (TPSA) is 44.2 Å². The van der Waals surface area contributed by atoms with Gasteiger partial charge in [0.25, 0.3) is 0 Å². The second-order valence-electron chi connectivity index (χ2n) is 2.55. The lowest BCUT2D eigenvalue weighted by Crippen LogP contribution is -2.12. The van der Waals surface area contributed by atoms with Crippen LogP contribution < -0.4 is 0 Å². The number of hydrogen-bond acceptors (Lipinski definition) is 4. The lowest BCUT2D eigenvalue weighted by molar-refractivity contribution is 0.0221. The minimum absolute atomic E-state index is 0.290. The maximum Gasteiger partial charge on any atom is 0.162 e. The van der Waals surface area contributed by atoms with Crippen LogP contribution in [0.3, 0.4) is 0 Å². The van der Waals surface area contributed by atoms with Gasteiger partial charge in [-0.25, -0.2) is 9.97 Å². The molecule has 6 heteroatoms. The fraction of sp³-hybridized carbons (Fsp3) is 0.500. The van der Waals surface area contributed by atoms with Crippen molar-refractivity contribution in [3.8, 4) is 0 Å². The van der Waals surface area contributed by atoms with Crippen molar-refractivity contribution < 1.29 is 9.47 Å². The second kappa shape index (κ2) is 5.46. The molecule has 0 aliphatic rings. The van der Waals surface area contributed by atoms with Crippen LogP contribution in [0.4, 0.5) is 0 Å². The molecule has 0 saturated heterocycles. The van der Waals surface area contributed by atoms with Crippen molar-refractivity contribution in [1.82, 2.24) is 9.97 Å². The van der Waals surface area contributed by atoms with E-state index in [0.717, 1.165) is 0 Å². The zero-order chi connectivity index (χ0) is 10.6. The van der Waals surface area contributed by atoms with E-state index in [0.29, 0.717) is 12.4 Å². The Labute approximate surface area is 92.2 Å². The maximum atomic E-state index is 5.72. The van der Waals surface area contributed by atoms with Gasteiger partial charge < -0.3 is 9.47 Å². The number of hydrogen-bond donors (Lipinski definition) is 0. The van der Waals surface area contributed by atoms with Crippen LogP contribution in [0.2, 0.25) is 10.3 Å². The molecule has 0 aliphatic carbocycles. The lowest BCUT2D eigenvalue weighted by atomic mass is 10.3. The molecular formula is C8H10Cl2N2O2. The molecule has 1 aromatic rings.